The van der Waals surface area contributed by atoms with E-state index in [-0.39, 0.29) is 0 Å². The lowest BCUT2D eigenvalue weighted by atomic mass is 10.1. The predicted octanol–water partition coefficient (Wildman–Crippen LogP) is 4.81. The molecule has 0 radical (unpaired) electrons. The summed E-state index contributed by atoms with van der Waals surface area (Å²) in [5.41, 5.74) is 4.06. The summed E-state index contributed by atoms with van der Waals surface area (Å²) in [4.78, 5) is 15.6. The average Bonchev–Trinajstić information content (AvgIpc) is 3.07. The highest BCUT2D eigenvalue weighted by Gasteiger charge is 2.27. The number of thioether (sulfide) groups is 1. The number of aromatic nitrogens is 3. The van der Waals surface area contributed by atoms with Crippen molar-refractivity contribution in [1.82, 2.24) is 15.2 Å². The molecule has 182 valence electrons. The van der Waals surface area contributed by atoms with Crippen molar-refractivity contribution in [2.45, 2.75) is 17.1 Å². The second-order valence-electron chi connectivity index (χ2n) is 7.80. The highest BCUT2D eigenvalue weighted by atomic mass is 32.2. The number of carboxylic acid groups (broad SMARTS) is 1. The number of anilines is 1. The quantitative estimate of drug-likeness (QED) is 0.325. The van der Waals surface area contributed by atoms with Crippen molar-refractivity contribution < 1.29 is 24.1 Å². The third-order valence-electron chi connectivity index (χ3n) is 5.39. The molecule has 4 aromatic rings. The monoisotopic (exact) mass is 502 g/mol. The Labute approximate surface area is 211 Å². The maximum atomic E-state index is 10.9. The van der Waals surface area contributed by atoms with Crippen molar-refractivity contribution in [3.63, 3.8) is 0 Å². The molecule has 3 aromatic carbocycles. The fourth-order valence-electron chi connectivity index (χ4n) is 3.69. The molecule has 9 nitrogen and oxygen atoms in total. The first kappa shape index (κ1) is 23.4. The molecule has 10 heteroatoms. The van der Waals surface area contributed by atoms with Crippen LogP contribution in [0.4, 0.5) is 5.69 Å². The molecule has 1 aliphatic heterocycles. The average molecular weight is 503 g/mol. The summed E-state index contributed by atoms with van der Waals surface area (Å²) in [5, 5.41) is 21.6. The number of carbonyl (C=O) groups is 1. The second-order valence-corrected chi connectivity index (χ2v) is 8.75. The minimum atomic E-state index is -1.07. The molecule has 1 aliphatic rings. The van der Waals surface area contributed by atoms with E-state index in [0.717, 1.165) is 22.4 Å². The molecule has 0 amide bonds. The van der Waals surface area contributed by atoms with Gasteiger partial charge < -0.3 is 24.6 Å². The Bertz CT molecular complexity index is 1390. The molecule has 1 atom stereocenters. The number of carboxylic acids is 1. The molecule has 2 heterocycles. The smallest absolute Gasteiger partial charge is 0.341 e. The van der Waals surface area contributed by atoms with E-state index in [2.05, 4.69) is 20.5 Å². The molecule has 0 saturated heterocycles. The van der Waals surface area contributed by atoms with Crippen LogP contribution in [0.15, 0.2) is 78.0 Å². The summed E-state index contributed by atoms with van der Waals surface area (Å²) in [6, 6.07) is 22.9. The van der Waals surface area contributed by atoms with E-state index in [4.69, 9.17) is 19.3 Å². The number of fused-ring (bicyclic) bond motifs is 3. The summed E-state index contributed by atoms with van der Waals surface area (Å²) in [5.74, 6) is 0.692. The van der Waals surface area contributed by atoms with E-state index in [1.807, 2.05) is 54.6 Å². The molecule has 0 spiro atoms. The highest BCUT2D eigenvalue weighted by Crippen LogP contribution is 2.41. The van der Waals surface area contributed by atoms with E-state index in [0.29, 0.717) is 34.0 Å². The molecule has 1 aromatic heterocycles. The van der Waals surface area contributed by atoms with Crippen LogP contribution < -0.4 is 19.5 Å². The van der Waals surface area contributed by atoms with Gasteiger partial charge in [-0.3, -0.25) is 0 Å². The summed E-state index contributed by atoms with van der Waals surface area (Å²) in [7, 11) is 1.49. The zero-order chi connectivity index (χ0) is 24.9. The fourth-order valence-corrected chi connectivity index (χ4v) is 4.42. The zero-order valence-corrected chi connectivity index (χ0v) is 20.1. The van der Waals surface area contributed by atoms with Crippen LogP contribution >= 0.6 is 11.8 Å². The van der Waals surface area contributed by atoms with E-state index >= 15 is 0 Å². The first-order valence-electron chi connectivity index (χ1n) is 11.1. The van der Waals surface area contributed by atoms with E-state index in [1.165, 1.54) is 18.9 Å². The number of hydrogen-bond donors (Lipinski definition) is 2. The number of hydrogen-bond acceptors (Lipinski definition) is 9. The lowest BCUT2D eigenvalue weighted by molar-refractivity contribution is -0.139. The Kier molecular flexibility index (Phi) is 6.85. The molecular formula is C26H22N4O5S. The van der Waals surface area contributed by atoms with Gasteiger partial charge in [-0.2, -0.15) is 4.98 Å². The van der Waals surface area contributed by atoms with Crippen molar-refractivity contribution in [3.8, 4) is 28.6 Å². The number of methoxy groups -OCH3 is 1. The minimum absolute atomic E-state index is 0.321. The van der Waals surface area contributed by atoms with Gasteiger partial charge in [-0.05, 0) is 29.8 Å². The Morgan fingerprint density at radius 3 is 2.67 bits per heavy atom. The molecule has 2 N–H and O–H groups in total. The molecule has 1 unspecified atom stereocenters. The van der Waals surface area contributed by atoms with Gasteiger partial charge in [0.25, 0.3) is 0 Å². The third kappa shape index (κ3) is 5.18. The van der Waals surface area contributed by atoms with Gasteiger partial charge in [0.1, 0.15) is 0 Å². The van der Waals surface area contributed by atoms with Crippen molar-refractivity contribution in [2.75, 3.05) is 19.0 Å². The van der Waals surface area contributed by atoms with Gasteiger partial charge in [-0.25, -0.2) is 4.79 Å². The number of benzene rings is 3. The van der Waals surface area contributed by atoms with Crippen molar-refractivity contribution in [2.24, 2.45) is 0 Å². The fraction of sp³-hybridized carbons (Fsp3) is 0.154. The molecule has 5 rings (SSSR count). The van der Waals surface area contributed by atoms with Gasteiger partial charge in [0, 0.05) is 22.6 Å². The van der Waals surface area contributed by atoms with Crippen LogP contribution in [0.25, 0.3) is 11.3 Å². The lowest BCUT2D eigenvalue weighted by Crippen LogP contribution is -2.17. The summed E-state index contributed by atoms with van der Waals surface area (Å²) in [6.45, 7) is -0.472. The lowest BCUT2D eigenvalue weighted by Gasteiger charge is -2.20. The number of ether oxygens (including phenoxy) is 3. The topological polar surface area (TPSA) is 116 Å². The van der Waals surface area contributed by atoms with E-state index in [9.17, 15) is 4.79 Å². The van der Waals surface area contributed by atoms with Crippen molar-refractivity contribution in [3.05, 3.63) is 83.9 Å². The van der Waals surface area contributed by atoms with Crippen molar-refractivity contribution >= 4 is 23.4 Å². The summed E-state index contributed by atoms with van der Waals surface area (Å²) >= 11 is 1.48. The number of aliphatic carboxylic acids is 1. The predicted molar refractivity (Wildman–Crippen MR) is 134 cm³/mol. The van der Waals surface area contributed by atoms with Gasteiger partial charge in [0.05, 0.1) is 7.11 Å². The summed E-state index contributed by atoms with van der Waals surface area (Å²) in [6.07, 6.45) is -0.626. The second kappa shape index (κ2) is 10.5. The van der Waals surface area contributed by atoms with Crippen LogP contribution in [0.5, 0.6) is 17.4 Å². The normalized spacial score (nSPS) is 13.9. The SMILES string of the molecule is COc1cc(C2Nc3ccccc3-c3nnc(SCc4ccccc4)nc3O2)ccc1OCC(=O)O. The highest BCUT2D eigenvalue weighted by molar-refractivity contribution is 7.98. The van der Waals surface area contributed by atoms with Gasteiger partial charge in [-0.1, -0.05) is 60.3 Å². The van der Waals surface area contributed by atoms with E-state index in [1.54, 1.807) is 18.2 Å². The first-order chi connectivity index (χ1) is 17.6. The Hall–Kier alpha value is -4.31. The Morgan fingerprint density at radius 1 is 1.06 bits per heavy atom. The first-order valence-corrected chi connectivity index (χ1v) is 12.1. The number of nitrogens with one attached hydrogen (secondary N) is 1. The minimum Gasteiger partial charge on any atom is -0.493 e. The number of rotatable bonds is 8. The maximum Gasteiger partial charge on any atom is 0.341 e. The third-order valence-corrected chi connectivity index (χ3v) is 6.29. The van der Waals surface area contributed by atoms with Crippen LogP contribution in [0, 0.1) is 0 Å². The molecular weight excluding hydrogens is 480 g/mol. The molecule has 0 bridgehead atoms. The van der Waals surface area contributed by atoms with Crippen LogP contribution in [-0.4, -0.2) is 40.0 Å². The molecule has 0 saturated carbocycles. The maximum absolute atomic E-state index is 10.9. The van der Waals surface area contributed by atoms with E-state index < -0.39 is 18.8 Å². The van der Waals surface area contributed by atoms with Crippen LogP contribution in [0.2, 0.25) is 0 Å². The van der Waals surface area contributed by atoms with Gasteiger partial charge in [-0.15, -0.1) is 10.2 Å². The van der Waals surface area contributed by atoms with Crippen LogP contribution in [0.1, 0.15) is 17.4 Å². The molecule has 36 heavy (non-hydrogen) atoms. The Morgan fingerprint density at radius 2 is 1.86 bits per heavy atom. The van der Waals surface area contributed by atoms with Gasteiger partial charge >= 0.3 is 5.97 Å². The zero-order valence-electron chi connectivity index (χ0n) is 19.2. The molecule has 0 aliphatic carbocycles. The molecule has 0 fully saturated rings. The largest absolute Gasteiger partial charge is 0.493 e. The van der Waals surface area contributed by atoms with Crippen LogP contribution in [-0.2, 0) is 10.5 Å². The summed E-state index contributed by atoms with van der Waals surface area (Å²) < 4.78 is 17.1. The van der Waals surface area contributed by atoms with Gasteiger partial charge in [0.2, 0.25) is 11.0 Å². The van der Waals surface area contributed by atoms with Crippen LogP contribution in [0.3, 0.4) is 0 Å². The van der Waals surface area contributed by atoms with Gasteiger partial charge in [0.15, 0.2) is 30.0 Å². The number of para-hydroxylation sites is 1. The number of nitrogens with zero attached hydrogens (tertiary/aromatic N) is 3. The standard InChI is InChI=1S/C26H22N4O5S/c1-33-21-13-17(11-12-20(21)34-14-22(31)32)24-27-19-10-6-5-9-18(19)23-25(35-24)28-26(30-29-23)36-15-16-7-3-2-4-8-16/h2-13,24,27H,14-15H2,1H3,(H,31,32). The van der Waals surface area contributed by atoms with Crippen molar-refractivity contribution in [1.29, 1.82) is 0 Å². The Balaban J connectivity index is 1.46.